The van der Waals surface area contributed by atoms with Gasteiger partial charge in [0.2, 0.25) is 5.69 Å². The Morgan fingerprint density at radius 3 is 2.33 bits per heavy atom. The van der Waals surface area contributed by atoms with Crippen LogP contribution in [-0.2, 0) is 12.1 Å². The molecule has 0 saturated carbocycles. The molecular weight excluding hydrogens is 675 g/mol. The van der Waals surface area contributed by atoms with Gasteiger partial charge in [-0.1, -0.05) is 112 Å². The second kappa shape index (κ2) is 10.9. The third kappa shape index (κ3) is 4.03. The first-order valence-corrected chi connectivity index (χ1v) is 22.9. The van der Waals surface area contributed by atoms with Crippen molar-refractivity contribution in [1.82, 2.24) is 4.57 Å². The molecule has 0 radical (unpaired) electrons. The zero-order valence-electron chi connectivity index (χ0n) is 31.7. The van der Waals surface area contributed by atoms with Crippen LogP contribution in [0.25, 0.3) is 72.1 Å². The lowest BCUT2D eigenvalue weighted by atomic mass is 9.88. The van der Waals surface area contributed by atoms with Gasteiger partial charge in [-0.3, -0.25) is 0 Å². The number of rotatable bonds is 4. The van der Waals surface area contributed by atoms with Gasteiger partial charge in [0.25, 0.3) is 0 Å². The molecule has 54 heavy (non-hydrogen) atoms. The first-order valence-electron chi connectivity index (χ1n) is 19.4. The molecule has 4 nitrogen and oxygen atoms in total. The van der Waals surface area contributed by atoms with Gasteiger partial charge in [0.1, 0.15) is 16.8 Å². The number of hydrogen-bond donors (Lipinski definition) is 0. The van der Waals surface area contributed by atoms with Crippen molar-refractivity contribution in [1.29, 1.82) is 0 Å². The fourth-order valence-electron chi connectivity index (χ4n) is 9.95. The predicted molar refractivity (Wildman–Crippen MR) is 224 cm³/mol. The Hall–Kier alpha value is -5.78. The maximum Gasteiger partial charge on any atom is 0.364 e. The normalized spacial score (nSPS) is 15.9. The minimum Gasteiger partial charge on any atom is -0.455 e. The molecule has 6 aromatic carbocycles. The fraction of sp³-hybridized carbons (Fsp3) is 0.184. The number of imidazole rings is 1. The molecule has 0 bridgehead atoms. The number of para-hydroxylation sites is 3. The smallest absolute Gasteiger partial charge is 0.364 e. The van der Waals surface area contributed by atoms with E-state index in [4.69, 9.17) is 4.42 Å². The van der Waals surface area contributed by atoms with E-state index in [0.29, 0.717) is 5.92 Å². The van der Waals surface area contributed by atoms with Crippen molar-refractivity contribution in [2.45, 2.75) is 52.5 Å². The van der Waals surface area contributed by atoms with E-state index in [9.17, 15) is 0 Å². The molecule has 1 spiro atoms. The Labute approximate surface area is 316 Å². The summed E-state index contributed by atoms with van der Waals surface area (Å²) in [6.07, 6.45) is 3.64. The Morgan fingerprint density at radius 2 is 1.50 bits per heavy atom. The maximum absolute atomic E-state index is 7.04. The summed E-state index contributed by atoms with van der Waals surface area (Å²) >= 11 is 0. The molecule has 1 unspecified atom stereocenters. The van der Waals surface area contributed by atoms with Crippen molar-refractivity contribution in [2.75, 3.05) is 0 Å². The largest absolute Gasteiger partial charge is 0.455 e. The predicted octanol–water partition coefficient (Wildman–Crippen LogP) is 10.6. The van der Waals surface area contributed by atoms with Crippen molar-refractivity contribution < 1.29 is 13.6 Å². The highest BCUT2D eigenvalue weighted by atomic mass is 28.3. The number of aryl methyl sites for hydroxylation is 1. The molecule has 0 N–H and O–H groups in total. The molecule has 5 heteroatoms. The summed E-state index contributed by atoms with van der Waals surface area (Å²) in [5.41, 5.74) is 13.7. The molecule has 2 aliphatic rings. The lowest BCUT2D eigenvalue weighted by Crippen LogP contribution is -2.72. The topological polar surface area (TPSA) is 25.8 Å². The maximum atomic E-state index is 7.04. The zero-order valence-corrected chi connectivity index (χ0v) is 32.7. The van der Waals surface area contributed by atoms with Crippen LogP contribution in [-0.4, -0.2) is 12.6 Å². The average molecular weight is 718 g/mol. The first kappa shape index (κ1) is 31.7. The van der Waals surface area contributed by atoms with Crippen LogP contribution in [0, 0.1) is 12.8 Å². The second-order valence-electron chi connectivity index (χ2n) is 17.0. The first-order chi connectivity index (χ1) is 26.2. The van der Waals surface area contributed by atoms with Crippen molar-refractivity contribution in [2.24, 2.45) is 5.92 Å². The summed E-state index contributed by atoms with van der Waals surface area (Å²) in [7, 11) is -1.80. The van der Waals surface area contributed by atoms with Gasteiger partial charge in [-0.25, -0.2) is 0 Å². The lowest BCUT2D eigenvalue weighted by molar-refractivity contribution is -0.944. The van der Waals surface area contributed by atoms with Crippen molar-refractivity contribution >= 4 is 57.0 Å². The summed E-state index contributed by atoms with van der Waals surface area (Å²) in [5.74, 6) is 1.70. The standard InChI is InChI=1S/C49H43N3OSi/c1-30(2)26-33-28-43-37-23-22-31(3)27-39(37)49(50(43)29-45(33)54(4,5)6)38-25-24-36-35-17-9-12-21-44(35)53-47(36)46(38)48-51(41-18-10-11-19-42(41)52(48)49)40-20-13-15-32-14-7-8-16-34(32)40/h7-25,27-30H,26H2,1-6H3/q+2. The SMILES string of the molecule is Cc1ccc2c(c1)C1(c3ccc4c(oc5ccccc54)c3-c3n(-c4cccc5ccccc45)c4ccccc4[n+]31)[n+]1cc([Si](C)(C)C)c(CC(C)C)cc1-2. The van der Waals surface area contributed by atoms with Gasteiger partial charge in [0, 0.05) is 27.4 Å². The number of benzene rings is 6. The highest BCUT2D eigenvalue weighted by Gasteiger charge is 2.67. The highest BCUT2D eigenvalue weighted by molar-refractivity contribution is 6.89. The summed E-state index contributed by atoms with van der Waals surface area (Å²) < 4.78 is 14.9. The minimum atomic E-state index is -1.80. The minimum absolute atomic E-state index is 0.559. The summed E-state index contributed by atoms with van der Waals surface area (Å²) in [6.45, 7) is 14.5. The Balaban J connectivity index is 1.40. The average Bonchev–Trinajstić information content (AvgIpc) is 3.86. The monoisotopic (exact) mass is 717 g/mol. The Morgan fingerprint density at radius 1 is 0.741 bits per heavy atom. The van der Waals surface area contributed by atoms with Gasteiger partial charge >= 0.3 is 11.5 Å². The van der Waals surface area contributed by atoms with Crippen LogP contribution in [0.15, 0.2) is 138 Å². The van der Waals surface area contributed by atoms with E-state index in [1.807, 2.05) is 0 Å². The van der Waals surface area contributed by atoms with Crippen molar-refractivity contribution in [3.8, 4) is 28.3 Å². The van der Waals surface area contributed by atoms with E-state index in [1.54, 1.807) is 0 Å². The molecule has 9 aromatic rings. The van der Waals surface area contributed by atoms with Gasteiger partial charge in [0.05, 0.1) is 24.8 Å². The summed E-state index contributed by atoms with van der Waals surface area (Å²) in [4.78, 5) is 0. The third-order valence-electron chi connectivity index (χ3n) is 12.1. The van der Waals surface area contributed by atoms with Crippen molar-refractivity contribution in [3.05, 3.63) is 156 Å². The van der Waals surface area contributed by atoms with Gasteiger partial charge in [-0.2, -0.15) is 4.57 Å². The quantitative estimate of drug-likeness (QED) is 0.131. The number of furan rings is 1. The van der Waals surface area contributed by atoms with E-state index in [-0.39, 0.29) is 0 Å². The third-order valence-corrected chi connectivity index (χ3v) is 14.1. The van der Waals surface area contributed by atoms with E-state index in [0.717, 1.165) is 45.4 Å². The van der Waals surface area contributed by atoms with Crippen LogP contribution in [0.1, 0.15) is 36.1 Å². The summed E-state index contributed by atoms with van der Waals surface area (Å²) in [6, 6.07) is 47.4. The highest BCUT2D eigenvalue weighted by Crippen LogP contribution is 2.52. The molecule has 5 heterocycles. The van der Waals surface area contributed by atoms with Gasteiger partial charge in [-0.15, -0.1) is 9.13 Å². The molecule has 2 aliphatic heterocycles. The second-order valence-corrected chi connectivity index (χ2v) is 22.0. The summed E-state index contributed by atoms with van der Waals surface area (Å²) in [5, 5.41) is 6.26. The lowest BCUT2D eigenvalue weighted by Gasteiger charge is -2.24. The van der Waals surface area contributed by atoms with Crippen LogP contribution >= 0.6 is 0 Å². The number of aromatic nitrogens is 3. The van der Waals surface area contributed by atoms with Gasteiger partial charge in [0.15, 0.2) is 22.8 Å². The van der Waals surface area contributed by atoms with Gasteiger partial charge in [-0.05, 0) is 78.7 Å². The van der Waals surface area contributed by atoms with Crippen LogP contribution in [0.3, 0.4) is 0 Å². The van der Waals surface area contributed by atoms with Crippen LogP contribution in [0.5, 0.6) is 0 Å². The van der Waals surface area contributed by atoms with Gasteiger partial charge < -0.3 is 4.42 Å². The molecule has 262 valence electrons. The molecule has 1 atom stereocenters. The molecule has 0 amide bonds. The number of pyridine rings is 1. The molecule has 0 fully saturated rings. The van der Waals surface area contributed by atoms with Crippen molar-refractivity contribution in [3.63, 3.8) is 0 Å². The van der Waals surface area contributed by atoms with Crippen LogP contribution < -0.4 is 14.3 Å². The number of hydrogen-bond acceptors (Lipinski definition) is 1. The van der Waals surface area contributed by atoms with Crippen LogP contribution in [0.2, 0.25) is 19.6 Å². The molecule has 0 aliphatic carbocycles. The Kier molecular flexibility index (Phi) is 6.40. The fourth-order valence-corrected chi connectivity index (χ4v) is 11.6. The molecule has 3 aromatic heterocycles. The zero-order chi connectivity index (χ0) is 36.7. The molecule has 0 saturated heterocycles. The van der Waals surface area contributed by atoms with Crippen LogP contribution in [0.4, 0.5) is 0 Å². The van der Waals surface area contributed by atoms with E-state index < -0.39 is 13.7 Å². The Bertz CT molecular complexity index is 3060. The number of nitrogens with zero attached hydrogens (tertiary/aromatic N) is 3. The number of fused-ring (bicyclic) bond motifs is 17. The molecule has 11 rings (SSSR count). The van der Waals surface area contributed by atoms with E-state index in [2.05, 4.69) is 188 Å². The molecular formula is C49H43N3OSi+2. The van der Waals surface area contributed by atoms with E-state index >= 15 is 0 Å². The van der Waals surface area contributed by atoms with E-state index in [1.165, 1.54) is 60.5 Å².